The lowest BCUT2D eigenvalue weighted by molar-refractivity contribution is -0.164. The first-order chi connectivity index (χ1) is 27.5. The molecule has 0 atom stereocenters. The van der Waals surface area contributed by atoms with Crippen LogP contribution in [-0.4, -0.2) is 63.5 Å². The summed E-state index contributed by atoms with van der Waals surface area (Å²) in [5.41, 5.74) is 1.46. The van der Waals surface area contributed by atoms with Crippen molar-refractivity contribution < 1.29 is 47.6 Å². The molecular weight excluding hydrogens is 725 g/mol. The van der Waals surface area contributed by atoms with Crippen molar-refractivity contribution in [2.45, 2.75) is 57.8 Å². The second kappa shape index (κ2) is 16.9. The van der Waals surface area contributed by atoms with Gasteiger partial charge in [0.15, 0.2) is 0 Å². The number of fused-ring (bicyclic) bond motifs is 2. The maximum atomic E-state index is 13.6. The average Bonchev–Trinajstić information content (AvgIpc) is 3.74. The second-order valence-corrected chi connectivity index (χ2v) is 14.1. The fourth-order valence-corrected chi connectivity index (χ4v) is 7.68. The lowest BCUT2D eigenvalue weighted by Gasteiger charge is -2.29. The van der Waals surface area contributed by atoms with Crippen molar-refractivity contribution in [3.63, 3.8) is 0 Å². The molecule has 0 spiro atoms. The molecule has 0 saturated heterocycles. The predicted octanol–water partition coefficient (Wildman–Crippen LogP) is 7.69. The molecule has 0 bridgehead atoms. The molecule has 2 aliphatic carbocycles. The molecule has 0 amide bonds. The summed E-state index contributed by atoms with van der Waals surface area (Å²) in [7, 11) is 0. The SMILES string of the molecule is CCOC(=O)C1(C(=O)OCC)C(COc2ccc(C(C)(C)c3ccc(OCC4=Cc5ccccc5C4(C(=O)OCC)C(=O)OCC)cc3)cc2)=Cc2ccccc21. The molecule has 4 aromatic rings. The number of carbonyl (C=O) groups is 4. The normalized spacial score (nSPS) is 14.6. The molecule has 57 heavy (non-hydrogen) atoms. The molecule has 0 saturated carbocycles. The number of ether oxygens (including phenoxy) is 6. The summed E-state index contributed by atoms with van der Waals surface area (Å²) < 4.78 is 34.2. The lowest BCUT2D eigenvalue weighted by Crippen LogP contribution is -2.47. The van der Waals surface area contributed by atoms with E-state index in [-0.39, 0.29) is 39.6 Å². The summed E-state index contributed by atoms with van der Waals surface area (Å²) in [6, 6.07) is 29.8. The number of carbonyl (C=O) groups excluding carboxylic acids is 4. The standard InChI is InChI=1S/C47H48O10/c1-7-52-41(48)46(42(49)53-8-2)35(27-31-15-11-13-17-39(31)46)29-56-37-23-19-33(20-24-37)45(5,6)34-21-25-38(26-22-34)57-30-36-28-32-16-12-14-18-40(32)47(36,43(50)54-9-3)44(51)55-10-4/h11-28H,7-10,29-30H2,1-6H3. The molecule has 0 aliphatic heterocycles. The topological polar surface area (TPSA) is 124 Å². The van der Waals surface area contributed by atoms with Crippen LogP contribution in [0.5, 0.6) is 11.5 Å². The Balaban J connectivity index is 1.17. The molecule has 2 aliphatic rings. The van der Waals surface area contributed by atoms with Crippen LogP contribution in [0.2, 0.25) is 0 Å². The van der Waals surface area contributed by atoms with Gasteiger partial charge >= 0.3 is 23.9 Å². The smallest absolute Gasteiger partial charge is 0.332 e. The molecule has 296 valence electrons. The Kier molecular flexibility index (Phi) is 12.0. The summed E-state index contributed by atoms with van der Waals surface area (Å²) in [5, 5.41) is 0. The van der Waals surface area contributed by atoms with Crippen LogP contribution in [0.1, 0.15) is 74.9 Å². The van der Waals surface area contributed by atoms with Gasteiger partial charge in [-0.25, -0.2) is 0 Å². The van der Waals surface area contributed by atoms with Crippen LogP contribution in [0.3, 0.4) is 0 Å². The number of hydrogen-bond donors (Lipinski definition) is 0. The summed E-state index contributed by atoms with van der Waals surface area (Å²) in [6.45, 7) is 11.3. The van der Waals surface area contributed by atoms with Crippen molar-refractivity contribution in [2.24, 2.45) is 0 Å². The van der Waals surface area contributed by atoms with E-state index in [1.165, 1.54) is 0 Å². The Bertz CT molecular complexity index is 2000. The molecule has 4 aromatic carbocycles. The fourth-order valence-electron chi connectivity index (χ4n) is 7.68. The van der Waals surface area contributed by atoms with Gasteiger partial charge in [-0.05, 0) is 97.5 Å². The zero-order valence-electron chi connectivity index (χ0n) is 33.2. The monoisotopic (exact) mass is 772 g/mol. The fraction of sp³-hybridized carbons (Fsp3) is 0.319. The van der Waals surface area contributed by atoms with Crippen molar-refractivity contribution in [1.82, 2.24) is 0 Å². The first kappa shape index (κ1) is 40.5. The quantitative estimate of drug-likeness (QED) is 0.0636. The number of rotatable bonds is 16. The van der Waals surface area contributed by atoms with Crippen molar-refractivity contribution in [3.8, 4) is 11.5 Å². The first-order valence-electron chi connectivity index (χ1n) is 19.3. The van der Waals surface area contributed by atoms with E-state index in [1.54, 1.807) is 64.1 Å². The minimum atomic E-state index is -1.76. The number of hydrogen-bond acceptors (Lipinski definition) is 10. The molecule has 0 aromatic heterocycles. The summed E-state index contributed by atoms with van der Waals surface area (Å²) in [6.07, 6.45) is 3.60. The zero-order valence-corrected chi connectivity index (χ0v) is 33.2. The van der Waals surface area contributed by atoms with Crippen LogP contribution in [0, 0.1) is 0 Å². The Labute approximate surface area is 333 Å². The van der Waals surface area contributed by atoms with Crippen molar-refractivity contribution in [1.29, 1.82) is 0 Å². The third-order valence-electron chi connectivity index (χ3n) is 10.6. The average molecular weight is 773 g/mol. The predicted molar refractivity (Wildman–Crippen MR) is 215 cm³/mol. The van der Waals surface area contributed by atoms with Gasteiger partial charge in [0.25, 0.3) is 0 Å². The minimum absolute atomic E-state index is 0.0415. The minimum Gasteiger partial charge on any atom is -0.489 e. The summed E-state index contributed by atoms with van der Waals surface area (Å²) >= 11 is 0. The van der Waals surface area contributed by atoms with E-state index < -0.39 is 40.1 Å². The van der Waals surface area contributed by atoms with Gasteiger partial charge in [-0.1, -0.05) is 86.6 Å². The van der Waals surface area contributed by atoms with Crippen molar-refractivity contribution in [3.05, 3.63) is 142 Å². The van der Waals surface area contributed by atoms with E-state index in [0.29, 0.717) is 33.8 Å². The Morgan fingerprint density at radius 1 is 0.474 bits per heavy atom. The van der Waals surface area contributed by atoms with Gasteiger partial charge in [0.05, 0.1) is 26.4 Å². The largest absolute Gasteiger partial charge is 0.489 e. The molecular formula is C47H48O10. The van der Waals surface area contributed by atoms with Crippen LogP contribution in [0.25, 0.3) is 12.2 Å². The van der Waals surface area contributed by atoms with Gasteiger partial charge < -0.3 is 28.4 Å². The molecule has 10 nitrogen and oxygen atoms in total. The Hall–Kier alpha value is -6.16. The van der Waals surface area contributed by atoms with E-state index >= 15 is 0 Å². The van der Waals surface area contributed by atoms with Gasteiger partial charge in [0, 0.05) is 16.6 Å². The summed E-state index contributed by atoms with van der Waals surface area (Å²) in [5.74, 6) is -1.67. The van der Waals surface area contributed by atoms with E-state index in [9.17, 15) is 19.2 Å². The van der Waals surface area contributed by atoms with Gasteiger partial charge in [-0.15, -0.1) is 0 Å². The van der Waals surface area contributed by atoms with Crippen LogP contribution in [-0.2, 0) is 54.4 Å². The maximum absolute atomic E-state index is 13.6. The van der Waals surface area contributed by atoms with Gasteiger partial charge in [0.1, 0.15) is 24.7 Å². The van der Waals surface area contributed by atoms with Gasteiger partial charge in [-0.2, -0.15) is 0 Å². The van der Waals surface area contributed by atoms with E-state index in [0.717, 1.165) is 22.3 Å². The third-order valence-corrected chi connectivity index (χ3v) is 10.6. The molecule has 10 heteroatoms. The van der Waals surface area contributed by atoms with E-state index in [4.69, 9.17) is 28.4 Å². The molecule has 0 unspecified atom stereocenters. The van der Waals surface area contributed by atoms with Crippen LogP contribution in [0.15, 0.2) is 108 Å². The molecule has 0 heterocycles. The molecule has 6 rings (SSSR count). The second-order valence-electron chi connectivity index (χ2n) is 14.1. The van der Waals surface area contributed by atoms with Crippen LogP contribution >= 0.6 is 0 Å². The molecule has 0 N–H and O–H groups in total. The molecule has 0 radical (unpaired) electrons. The number of benzene rings is 4. The Morgan fingerprint density at radius 3 is 1.11 bits per heavy atom. The first-order valence-corrected chi connectivity index (χ1v) is 19.3. The maximum Gasteiger partial charge on any atom is 0.332 e. The van der Waals surface area contributed by atoms with Gasteiger partial charge in [0.2, 0.25) is 10.8 Å². The van der Waals surface area contributed by atoms with Gasteiger partial charge in [-0.3, -0.25) is 19.2 Å². The van der Waals surface area contributed by atoms with E-state index in [2.05, 4.69) is 13.8 Å². The highest BCUT2D eigenvalue weighted by molar-refractivity contribution is 6.14. The summed E-state index contributed by atoms with van der Waals surface area (Å²) in [4.78, 5) is 54.3. The highest BCUT2D eigenvalue weighted by Crippen LogP contribution is 2.46. The highest BCUT2D eigenvalue weighted by atomic mass is 16.6. The molecule has 0 fully saturated rings. The van der Waals surface area contributed by atoms with Crippen LogP contribution < -0.4 is 9.47 Å². The van der Waals surface area contributed by atoms with Crippen molar-refractivity contribution in [2.75, 3.05) is 39.6 Å². The van der Waals surface area contributed by atoms with E-state index in [1.807, 2.05) is 72.8 Å². The third kappa shape index (κ3) is 7.20. The van der Waals surface area contributed by atoms with Crippen molar-refractivity contribution >= 4 is 36.0 Å². The highest BCUT2D eigenvalue weighted by Gasteiger charge is 2.58. The Morgan fingerprint density at radius 2 is 0.789 bits per heavy atom. The lowest BCUT2D eigenvalue weighted by atomic mass is 9.77. The van der Waals surface area contributed by atoms with Crippen LogP contribution in [0.4, 0.5) is 0 Å². The zero-order chi connectivity index (χ0) is 40.8. The number of esters is 4.